The fraction of sp³-hybridized carbons (Fsp3) is 0.348. The predicted octanol–water partition coefficient (Wildman–Crippen LogP) is 3.76. The van der Waals surface area contributed by atoms with Crippen LogP contribution in [0.25, 0.3) is 10.9 Å². The van der Waals surface area contributed by atoms with Crippen molar-refractivity contribution in [2.75, 3.05) is 32.7 Å². The van der Waals surface area contributed by atoms with Gasteiger partial charge in [-0.25, -0.2) is 0 Å². The molecule has 2 heterocycles. The second-order valence-corrected chi connectivity index (χ2v) is 7.68. The standard InChI is InChI=1S/C23H26N4O3/c1-2-25-11-13-26(14-12-25)23(28)15-19(18-8-4-6-10-22(18)27(29)30)20-16-24-21-9-5-3-7-17(20)21/h3-10,16,19,24H,2,11-15H2,1H3. The van der Waals surface area contributed by atoms with Gasteiger partial charge in [0, 0.05) is 67.2 Å². The zero-order valence-electron chi connectivity index (χ0n) is 17.1. The maximum atomic E-state index is 13.2. The van der Waals surface area contributed by atoms with Gasteiger partial charge in [0.15, 0.2) is 0 Å². The normalized spacial score (nSPS) is 16.0. The van der Waals surface area contributed by atoms with E-state index in [1.807, 2.05) is 35.4 Å². The number of nitro groups is 1. The highest BCUT2D eigenvalue weighted by atomic mass is 16.6. The molecule has 1 aliphatic heterocycles. The number of aromatic amines is 1. The molecule has 1 aliphatic rings. The molecule has 0 saturated carbocycles. The van der Waals surface area contributed by atoms with Gasteiger partial charge in [0.2, 0.25) is 5.91 Å². The Labute approximate surface area is 175 Å². The Bertz CT molecular complexity index is 1050. The molecule has 1 N–H and O–H groups in total. The van der Waals surface area contributed by atoms with Crippen LogP contribution in [0.3, 0.4) is 0 Å². The summed E-state index contributed by atoms with van der Waals surface area (Å²) in [5.41, 5.74) is 2.50. The molecule has 3 aromatic rings. The summed E-state index contributed by atoms with van der Waals surface area (Å²) in [5, 5.41) is 12.7. The average molecular weight is 406 g/mol. The van der Waals surface area contributed by atoms with E-state index < -0.39 is 0 Å². The number of amides is 1. The first-order valence-electron chi connectivity index (χ1n) is 10.4. The first-order chi connectivity index (χ1) is 14.6. The third-order valence-electron chi connectivity index (χ3n) is 6.06. The zero-order chi connectivity index (χ0) is 21.1. The van der Waals surface area contributed by atoms with Crippen LogP contribution in [-0.2, 0) is 4.79 Å². The number of para-hydroxylation sites is 2. The van der Waals surface area contributed by atoms with Crippen molar-refractivity contribution >= 4 is 22.5 Å². The van der Waals surface area contributed by atoms with E-state index in [0.717, 1.165) is 36.1 Å². The van der Waals surface area contributed by atoms with Gasteiger partial charge in [0.05, 0.1) is 4.92 Å². The SMILES string of the molecule is CCN1CCN(C(=O)CC(c2ccccc2[N+](=O)[O-])c2c[nH]c3ccccc23)CC1. The minimum Gasteiger partial charge on any atom is -0.361 e. The Morgan fingerprint density at radius 3 is 2.50 bits per heavy atom. The molecular formula is C23H26N4O3. The Morgan fingerprint density at radius 1 is 1.07 bits per heavy atom. The van der Waals surface area contributed by atoms with Gasteiger partial charge in [-0.1, -0.05) is 43.3 Å². The number of hydrogen-bond acceptors (Lipinski definition) is 4. The van der Waals surface area contributed by atoms with E-state index >= 15 is 0 Å². The molecule has 1 atom stereocenters. The Kier molecular flexibility index (Phi) is 5.81. The summed E-state index contributed by atoms with van der Waals surface area (Å²) >= 11 is 0. The molecule has 0 aliphatic carbocycles. The molecule has 1 saturated heterocycles. The maximum Gasteiger partial charge on any atom is 0.273 e. The van der Waals surface area contributed by atoms with Crippen LogP contribution in [0.2, 0.25) is 0 Å². The number of piperazine rings is 1. The molecule has 156 valence electrons. The van der Waals surface area contributed by atoms with Crippen molar-refractivity contribution < 1.29 is 9.72 Å². The van der Waals surface area contributed by atoms with E-state index in [1.165, 1.54) is 6.07 Å². The van der Waals surface area contributed by atoms with Crippen molar-refractivity contribution in [3.63, 3.8) is 0 Å². The fourth-order valence-corrected chi connectivity index (χ4v) is 4.34. The van der Waals surface area contributed by atoms with E-state index in [0.29, 0.717) is 18.7 Å². The number of hydrogen-bond donors (Lipinski definition) is 1. The summed E-state index contributed by atoms with van der Waals surface area (Å²) in [6.45, 7) is 6.24. The number of H-pyrrole nitrogens is 1. The number of aromatic nitrogens is 1. The monoisotopic (exact) mass is 406 g/mol. The van der Waals surface area contributed by atoms with E-state index in [4.69, 9.17) is 0 Å². The number of benzene rings is 2. The number of carbonyl (C=O) groups is 1. The van der Waals surface area contributed by atoms with Crippen LogP contribution in [0, 0.1) is 10.1 Å². The van der Waals surface area contributed by atoms with Crippen LogP contribution in [0.4, 0.5) is 5.69 Å². The van der Waals surface area contributed by atoms with Crippen molar-refractivity contribution in [2.45, 2.75) is 19.3 Å². The summed E-state index contributed by atoms with van der Waals surface area (Å²) in [6, 6.07) is 14.6. The van der Waals surface area contributed by atoms with Gasteiger partial charge in [-0.3, -0.25) is 14.9 Å². The smallest absolute Gasteiger partial charge is 0.273 e. The summed E-state index contributed by atoms with van der Waals surface area (Å²) in [4.78, 5) is 32.0. The van der Waals surface area contributed by atoms with E-state index in [-0.39, 0.29) is 28.9 Å². The molecule has 7 heteroatoms. The van der Waals surface area contributed by atoms with Gasteiger partial charge in [-0.15, -0.1) is 0 Å². The number of fused-ring (bicyclic) bond motifs is 1. The van der Waals surface area contributed by atoms with Crippen LogP contribution < -0.4 is 0 Å². The highest BCUT2D eigenvalue weighted by molar-refractivity contribution is 5.86. The van der Waals surface area contributed by atoms with Gasteiger partial charge in [0.25, 0.3) is 5.69 Å². The van der Waals surface area contributed by atoms with Gasteiger partial charge >= 0.3 is 0 Å². The first kappa shape index (κ1) is 20.1. The Hall–Kier alpha value is -3.19. The van der Waals surface area contributed by atoms with Crippen LogP contribution in [0.5, 0.6) is 0 Å². The van der Waals surface area contributed by atoms with Crippen molar-refractivity contribution in [1.82, 2.24) is 14.8 Å². The lowest BCUT2D eigenvalue weighted by Gasteiger charge is -2.34. The molecule has 1 unspecified atom stereocenters. The molecule has 2 aromatic carbocycles. The highest BCUT2D eigenvalue weighted by Crippen LogP contribution is 2.38. The second-order valence-electron chi connectivity index (χ2n) is 7.68. The maximum absolute atomic E-state index is 13.2. The van der Waals surface area contributed by atoms with E-state index in [2.05, 4.69) is 16.8 Å². The highest BCUT2D eigenvalue weighted by Gasteiger charge is 2.30. The van der Waals surface area contributed by atoms with Crippen molar-refractivity contribution in [2.24, 2.45) is 0 Å². The number of nitro benzene ring substituents is 1. The topological polar surface area (TPSA) is 82.5 Å². The number of likely N-dealkylation sites (N-methyl/N-ethyl adjacent to an activating group) is 1. The van der Waals surface area contributed by atoms with Gasteiger partial charge in [-0.2, -0.15) is 0 Å². The molecule has 0 spiro atoms. The average Bonchev–Trinajstić information content (AvgIpc) is 3.21. The lowest BCUT2D eigenvalue weighted by Crippen LogP contribution is -2.48. The summed E-state index contributed by atoms with van der Waals surface area (Å²) < 4.78 is 0. The summed E-state index contributed by atoms with van der Waals surface area (Å²) in [5.74, 6) is -0.348. The van der Waals surface area contributed by atoms with Crippen molar-refractivity contribution in [3.05, 3.63) is 76.0 Å². The summed E-state index contributed by atoms with van der Waals surface area (Å²) in [6.07, 6.45) is 2.09. The molecule has 1 aromatic heterocycles. The third-order valence-corrected chi connectivity index (χ3v) is 6.06. The molecular weight excluding hydrogens is 380 g/mol. The van der Waals surface area contributed by atoms with Gasteiger partial charge in [0.1, 0.15) is 0 Å². The zero-order valence-corrected chi connectivity index (χ0v) is 17.1. The molecule has 0 bridgehead atoms. The lowest BCUT2D eigenvalue weighted by atomic mass is 9.86. The minimum atomic E-state index is -0.389. The minimum absolute atomic E-state index is 0.0409. The molecule has 30 heavy (non-hydrogen) atoms. The Balaban J connectivity index is 1.70. The third kappa shape index (κ3) is 3.93. The second kappa shape index (κ2) is 8.67. The van der Waals surface area contributed by atoms with Crippen LogP contribution >= 0.6 is 0 Å². The Morgan fingerprint density at radius 2 is 1.77 bits per heavy atom. The van der Waals surface area contributed by atoms with Crippen LogP contribution in [0.15, 0.2) is 54.7 Å². The van der Waals surface area contributed by atoms with E-state index in [1.54, 1.807) is 18.2 Å². The number of nitrogens with zero attached hydrogens (tertiary/aromatic N) is 3. The first-order valence-corrected chi connectivity index (χ1v) is 10.4. The number of nitrogens with one attached hydrogen (secondary N) is 1. The fourth-order valence-electron chi connectivity index (χ4n) is 4.34. The number of carbonyl (C=O) groups excluding carboxylic acids is 1. The molecule has 1 fully saturated rings. The quantitative estimate of drug-likeness (QED) is 0.499. The molecule has 4 rings (SSSR count). The molecule has 1 amide bonds. The largest absolute Gasteiger partial charge is 0.361 e. The van der Waals surface area contributed by atoms with Crippen molar-refractivity contribution in [1.29, 1.82) is 0 Å². The molecule has 0 radical (unpaired) electrons. The van der Waals surface area contributed by atoms with Crippen LogP contribution in [-0.4, -0.2) is 58.3 Å². The predicted molar refractivity (Wildman–Crippen MR) is 117 cm³/mol. The van der Waals surface area contributed by atoms with Gasteiger partial charge in [-0.05, 0) is 18.2 Å². The number of rotatable bonds is 6. The van der Waals surface area contributed by atoms with E-state index in [9.17, 15) is 14.9 Å². The lowest BCUT2D eigenvalue weighted by molar-refractivity contribution is -0.385. The van der Waals surface area contributed by atoms with Crippen molar-refractivity contribution in [3.8, 4) is 0 Å². The van der Waals surface area contributed by atoms with Crippen LogP contribution in [0.1, 0.15) is 30.4 Å². The molecule has 7 nitrogen and oxygen atoms in total. The summed E-state index contributed by atoms with van der Waals surface area (Å²) in [7, 11) is 0. The van der Waals surface area contributed by atoms with Gasteiger partial charge < -0.3 is 14.8 Å².